The first-order valence-electron chi connectivity index (χ1n) is 5.82. The lowest BCUT2D eigenvalue weighted by Crippen LogP contribution is -2.23. The standard InChI is InChI=1S/C13H13Cl2N3O/c14-11-3-1-10(2-4-11)7-16-13(19)5-6-18-9-12(15)8-17-18/h1-4,8-9H,5-7H2,(H,16,19). The monoisotopic (exact) mass is 297 g/mol. The van der Waals surface area contributed by atoms with Crippen LogP contribution in [0.15, 0.2) is 36.7 Å². The molecule has 0 radical (unpaired) electrons. The average Bonchev–Trinajstić information content (AvgIpc) is 2.81. The Hall–Kier alpha value is -1.52. The fourth-order valence-corrected chi connectivity index (χ4v) is 1.85. The molecule has 2 rings (SSSR count). The van der Waals surface area contributed by atoms with Crippen molar-refractivity contribution in [2.24, 2.45) is 0 Å². The van der Waals surface area contributed by atoms with Crippen LogP contribution in [0.3, 0.4) is 0 Å². The zero-order valence-electron chi connectivity index (χ0n) is 10.1. The zero-order chi connectivity index (χ0) is 13.7. The van der Waals surface area contributed by atoms with Crippen LogP contribution in [-0.2, 0) is 17.9 Å². The van der Waals surface area contributed by atoms with Gasteiger partial charge in [-0.3, -0.25) is 9.48 Å². The van der Waals surface area contributed by atoms with Gasteiger partial charge in [-0.25, -0.2) is 0 Å². The summed E-state index contributed by atoms with van der Waals surface area (Å²) in [7, 11) is 0. The molecule has 1 N–H and O–H groups in total. The highest BCUT2D eigenvalue weighted by Gasteiger charge is 2.03. The highest BCUT2D eigenvalue weighted by atomic mass is 35.5. The summed E-state index contributed by atoms with van der Waals surface area (Å²) < 4.78 is 1.64. The number of amides is 1. The van der Waals surface area contributed by atoms with E-state index in [4.69, 9.17) is 23.2 Å². The van der Waals surface area contributed by atoms with Gasteiger partial charge >= 0.3 is 0 Å². The minimum atomic E-state index is -0.0263. The number of benzene rings is 1. The summed E-state index contributed by atoms with van der Waals surface area (Å²) in [5, 5.41) is 8.10. The van der Waals surface area contributed by atoms with Gasteiger partial charge in [0, 0.05) is 30.7 Å². The largest absolute Gasteiger partial charge is 0.352 e. The lowest BCUT2D eigenvalue weighted by Gasteiger charge is -2.05. The van der Waals surface area contributed by atoms with Gasteiger partial charge in [-0.05, 0) is 17.7 Å². The molecule has 1 heterocycles. The number of halogens is 2. The second kappa shape index (κ2) is 6.59. The molecule has 1 aromatic heterocycles. The van der Waals surface area contributed by atoms with Gasteiger partial charge in [0.25, 0.3) is 0 Å². The summed E-state index contributed by atoms with van der Waals surface area (Å²) >= 11 is 11.5. The predicted molar refractivity (Wildman–Crippen MR) is 75.2 cm³/mol. The number of carbonyl (C=O) groups excluding carboxylic acids is 1. The summed E-state index contributed by atoms with van der Waals surface area (Å²) in [6.07, 6.45) is 3.60. The number of nitrogens with one attached hydrogen (secondary N) is 1. The van der Waals surface area contributed by atoms with Gasteiger partial charge in [-0.1, -0.05) is 35.3 Å². The Morgan fingerprint density at radius 1 is 1.21 bits per heavy atom. The van der Waals surface area contributed by atoms with E-state index in [1.807, 2.05) is 12.1 Å². The number of hydrogen-bond acceptors (Lipinski definition) is 2. The van der Waals surface area contributed by atoms with Crippen LogP contribution in [0.4, 0.5) is 0 Å². The lowest BCUT2D eigenvalue weighted by atomic mass is 10.2. The Bertz CT molecular complexity index is 551. The van der Waals surface area contributed by atoms with Crippen LogP contribution in [0.5, 0.6) is 0 Å². The Balaban J connectivity index is 1.74. The highest BCUT2D eigenvalue weighted by molar-refractivity contribution is 6.30. The third-order valence-corrected chi connectivity index (χ3v) is 3.02. The molecule has 0 unspecified atom stereocenters. The predicted octanol–water partition coefficient (Wildman–Crippen LogP) is 2.90. The van der Waals surface area contributed by atoms with Crippen LogP contribution >= 0.6 is 23.2 Å². The normalized spacial score (nSPS) is 10.4. The van der Waals surface area contributed by atoms with E-state index in [-0.39, 0.29) is 5.91 Å². The van der Waals surface area contributed by atoms with Gasteiger partial charge < -0.3 is 5.32 Å². The molecule has 0 bridgehead atoms. The van der Waals surface area contributed by atoms with Crippen LogP contribution in [-0.4, -0.2) is 15.7 Å². The molecular formula is C13H13Cl2N3O. The molecular weight excluding hydrogens is 285 g/mol. The molecule has 0 saturated carbocycles. The van der Waals surface area contributed by atoms with Crippen molar-refractivity contribution in [1.82, 2.24) is 15.1 Å². The maximum absolute atomic E-state index is 11.7. The molecule has 2 aromatic rings. The molecule has 0 aliphatic heterocycles. The summed E-state index contributed by atoms with van der Waals surface area (Å²) in [5.41, 5.74) is 1.01. The quantitative estimate of drug-likeness (QED) is 0.922. The fourth-order valence-electron chi connectivity index (χ4n) is 1.57. The van der Waals surface area contributed by atoms with E-state index in [0.717, 1.165) is 5.56 Å². The molecule has 4 nitrogen and oxygen atoms in total. The molecule has 0 aliphatic carbocycles. The van der Waals surface area contributed by atoms with Crippen LogP contribution in [0.25, 0.3) is 0 Å². The van der Waals surface area contributed by atoms with Crippen LogP contribution in [0.1, 0.15) is 12.0 Å². The fraction of sp³-hybridized carbons (Fsp3) is 0.231. The van der Waals surface area contributed by atoms with Crippen molar-refractivity contribution in [1.29, 1.82) is 0 Å². The number of aromatic nitrogens is 2. The SMILES string of the molecule is O=C(CCn1cc(Cl)cn1)NCc1ccc(Cl)cc1. The lowest BCUT2D eigenvalue weighted by molar-refractivity contribution is -0.121. The van der Waals surface area contributed by atoms with Gasteiger partial charge in [-0.2, -0.15) is 5.10 Å². The van der Waals surface area contributed by atoms with E-state index in [2.05, 4.69) is 10.4 Å². The second-order valence-electron chi connectivity index (χ2n) is 4.07. The van der Waals surface area contributed by atoms with Gasteiger partial charge in [0.1, 0.15) is 0 Å². The number of aryl methyl sites for hydroxylation is 1. The van der Waals surface area contributed by atoms with E-state index in [9.17, 15) is 4.79 Å². The number of hydrogen-bond donors (Lipinski definition) is 1. The molecule has 1 aromatic carbocycles. The zero-order valence-corrected chi connectivity index (χ0v) is 11.7. The van der Waals surface area contributed by atoms with Crippen molar-refractivity contribution in [3.63, 3.8) is 0 Å². The summed E-state index contributed by atoms with van der Waals surface area (Å²) in [6.45, 7) is 1.01. The molecule has 0 spiro atoms. The van der Waals surface area contributed by atoms with Crippen molar-refractivity contribution in [2.45, 2.75) is 19.5 Å². The Labute approximate surface area is 121 Å². The number of nitrogens with zero attached hydrogens (tertiary/aromatic N) is 2. The van der Waals surface area contributed by atoms with E-state index in [0.29, 0.717) is 29.6 Å². The molecule has 0 aliphatic rings. The smallest absolute Gasteiger partial charge is 0.222 e. The summed E-state index contributed by atoms with van der Waals surface area (Å²) in [5.74, 6) is -0.0263. The van der Waals surface area contributed by atoms with Crippen LogP contribution in [0.2, 0.25) is 10.0 Å². The molecule has 0 saturated heterocycles. The molecule has 100 valence electrons. The minimum absolute atomic E-state index is 0.0263. The molecule has 6 heteroatoms. The van der Waals surface area contributed by atoms with Crippen molar-refractivity contribution in [2.75, 3.05) is 0 Å². The van der Waals surface area contributed by atoms with E-state index >= 15 is 0 Å². The first kappa shape index (κ1) is 13.9. The minimum Gasteiger partial charge on any atom is -0.352 e. The Morgan fingerprint density at radius 2 is 1.95 bits per heavy atom. The average molecular weight is 298 g/mol. The molecule has 0 fully saturated rings. The third-order valence-electron chi connectivity index (χ3n) is 2.57. The maximum Gasteiger partial charge on any atom is 0.222 e. The van der Waals surface area contributed by atoms with Gasteiger partial charge in [0.05, 0.1) is 11.2 Å². The maximum atomic E-state index is 11.7. The molecule has 19 heavy (non-hydrogen) atoms. The van der Waals surface area contributed by atoms with Gasteiger partial charge in [0.2, 0.25) is 5.91 Å². The first-order valence-corrected chi connectivity index (χ1v) is 6.58. The summed E-state index contributed by atoms with van der Waals surface area (Å²) in [6, 6.07) is 7.37. The number of carbonyl (C=O) groups is 1. The van der Waals surface area contributed by atoms with Gasteiger partial charge in [-0.15, -0.1) is 0 Å². The highest BCUT2D eigenvalue weighted by Crippen LogP contribution is 2.09. The van der Waals surface area contributed by atoms with E-state index in [1.54, 1.807) is 29.2 Å². The van der Waals surface area contributed by atoms with Crippen molar-refractivity contribution < 1.29 is 4.79 Å². The molecule has 1 amide bonds. The van der Waals surface area contributed by atoms with E-state index in [1.165, 1.54) is 0 Å². The Kier molecular flexibility index (Phi) is 4.82. The van der Waals surface area contributed by atoms with Gasteiger partial charge in [0.15, 0.2) is 0 Å². The van der Waals surface area contributed by atoms with E-state index < -0.39 is 0 Å². The second-order valence-corrected chi connectivity index (χ2v) is 4.95. The Morgan fingerprint density at radius 3 is 2.58 bits per heavy atom. The van der Waals surface area contributed by atoms with Crippen LogP contribution < -0.4 is 5.32 Å². The number of rotatable bonds is 5. The topological polar surface area (TPSA) is 46.9 Å². The van der Waals surface area contributed by atoms with Crippen molar-refractivity contribution in [3.8, 4) is 0 Å². The van der Waals surface area contributed by atoms with Crippen molar-refractivity contribution >= 4 is 29.1 Å². The van der Waals surface area contributed by atoms with Crippen LogP contribution in [0, 0.1) is 0 Å². The van der Waals surface area contributed by atoms with Crippen molar-refractivity contribution in [3.05, 3.63) is 52.3 Å². The summed E-state index contributed by atoms with van der Waals surface area (Å²) in [4.78, 5) is 11.7. The molecule has 0 atom stereocenters. The first-order chi connectivity index (χ1) is 9.13. The third kappa shape index (κ3) is 4.58.